The zero-order valence-electron chi connectivity index (χ0n) is 14.7. The Labute approximate surface area is 142 Å². The molecule has 1 aromatic carbocycles. The molecule has 1 aliphatic heterocycles. The summed E-state index contributed by atoms with van der Waals surface area (Å²) in [5.41, 5.74) is 0.877. The number of benzene rings is 1. The van der Waals surface area contributed by atoms with Crippen LogP contribution in [0.1, 0.15) is 39.7 Å². The Balaban J connectivity index is 1.57. The maximum absolute atomic E-state index is 13.0. The van der Waals surface area contributed by atoms with E-state index in [2.05, 4.69) is 33.0 Å². The molecule has 1 atom stereocenters. The molecule has 0 unspecified atom stereocenters. The van der Waals surface area contributed by atoms with E-state index in [-0.39, 0.29) is 40.4 Å². The Morgan fingerprint density at radius 2 is 1.79 bits per heavy atom. The van der Waals surface area contributed by atoms with Crippen molar-refractivity contribution in [3.63, 3.8) is 0 Å². The molecule has 1 saturated carbocycles. The van der Waals surface area contributed by atoms with Crippen molar-refractivity contribution >= 4 is 11.8 Å². The minimum absolute atomic E-state index is 0.00645. The van der Waals surface area contributed by atoms with E-state index in [1.165, 1.54) is 12.1 Å². The summed E-state index contributed by atoms with van der Waals surface area (Å²) >= 11 is 0. The van der Waals surface area contributed by atoms with Crippen LogP contribution in [0.5, 0.6) is 0 Å². The van der Waals surface area contributed by atoms with Gasteiger partial charge in [0.1, 0.15) is 5.82 Å². The number of hydrogen-bond acceptors (Lipinski definition) is 2. The highest BCUT2D eigenvalue weighted by atomic mass is 19.1. The molecular weight excluding hydrogens is 307 g/mol. The van der Waals surface area contributed by atoms with Gasteiger partial charge in [-0.05, 0) is 28.5 Å². The molecule has 3 rings (SSSR count). The maximum Gasteiger partial charge on any atom is 0.225 e. The molecule has 2 amide bonds. The molecule has 1 aliphatic carbocycles. The van der Waals surface area contributed by atoms with E-state index < -0.39 is 0 Å². The molecule has 5 heteroatoms. The highest BCUT2D eigenvalue weighted by molar-refractivity contribution is 5.86. The quantitative estimate of drug-likeness (QED) is 0.922. The first-order chi connectivity index (χ1) is 11.1. The van der Waals surface area contributed by atoms with E-state index in [9.17, 15) is 14.0 Å². The summed E-state index contributed by atoms with van der Waals surface area (Å²) in [5.74, 6) is -0.220. The van der Waals surface area contributed by atoms with Crippen molar-refractivity contribution in [1.29, 1.82) is 0 Å². The Morgan fingerprint density at radius 1 is 1.21 bits per heavy atom. The van der Waals surface area contributed by atoms with Crippen LogP contribution in [-0.4, -0.2) is 29.3 Å². The summed E-state index contributed by atoms with van der Waals surface area (Å²) in [5, 5.41) is 3.05. The van der Waals surface area contributed by atoms with Crippen molar-refractivity contribution in [3.8, 4) is 0 Å². The number of carbonyl (C=O) groups is 2. The molecule has 0 bridgehead atoms. The predicted molar refractivity (Wildman–Crippen MR) is 89.4 cm³/mol. The van der Waals surface area contributed by atoms with Gasteiger partial charge < -0.3 is 10.2 Å². The van der Waals surface area contributed by atoms with Crippen LogP contribution in [0.15, 0.2) is 24.3 Å². The van der Waals surface area contributed by atoms with Crippen LogP contribution in [-0.2, 0) is 16.1 Å². The Kier molecular flexibility index (Phi) is 3.93. The molecule has 2 fully saturated rings. The first kappa shape index (κ1) is 16.9. The van der Waals surface area contributed by atoms with Crippen LogP contribution in [0.2, 0.25) is 0 Å². The molecule has 24 heavy (non-hydrogen) atoms. The van der Waals surface area contributed by atoms with Gasteiger partial charge in [-0.15, -0.1) is 0 Å². The van der Waals surface area contributed by atoms with Gasteiger partial charge in [-0.1, -0.05) is 39.8 Å². The largest absolute Gasteiger partial charge is 0.351 e. The number of rotatable bonds is 4. The van der Waals surface area contributed by atoms with Crippen molar-refractivity contribution in [2.24, 2.45) is 16.7 Å². The summed E-state index contributed by atoms with van der Waals surface area (Å²) in [4.78, 5) is 26.4. The summed E-state index contributed by atoms with van der Waals surface area (Å²) < 4.78 is 13.0. The summed E-state index contributed by atoms with van der Waals surface area (Å²) in [7, 11) is 0. The number of likely N-dealkylation sites (tertiary alicyclic amines) is 1. The second-order valence-electron chi connectivity index (χ2n) is 8.19. The first-order valence-electron chi connectivity index (χ1n) is 8.45. The standard InChI is InChI=1S/C19H25FN2O2/c1-18(2)16(19(18,3)4)17(24)21-14-9-15(23)22(11-14)10-12-5-7-13(20)8-6-12/h5-8,14,16H,9-11H2,1-4H3,(H,21,24)/t14-/m1/s1. The molecule has 130 valence electrons. The average Bonchev–Trinajstić information content (AvgIpc) is 2.72. The van der Waals surface area contributed by atoms with Crippen molar-refractivity contribution < 1.29 is 14.0 Å². The van der Waals surface area contributed by atoms with Crippen LogP contribution in [0, 0.1) is 22.6 Å². The fourth-order valence-electron chi connectivity index (χ4n) is 3.97. The number of hydrogen-bond donors (Lipinski definition) is 1. The summed E-state index contributed by atoms with van der Waals surface area (Å²) in [6, 6.07) is 6.02. The van der Waals surface area contributed by atoms with Gasteiger partial charge in [0.25, 0.3) is 0 Å². The van der Waals surface area contributed by atoms with Gasteiger partial charge in [0.05, 0.1) is 6.04 Å². The fourth-order valence-corrected chi connectivity index (χ4v) is 3.97. The minimum Gasteiger partial charge on any atom is -0.351 e. The lowest BCUT2D eigenvalue weighted by Gasteiger charge is -2.17. The molecular formula is C19H25FN2O2. The third-order valence-corrected chi connectivity index (χ3v) is 6.13. The second-order valence-corrected chi connectivity index (χ2v) is 8.19. The lowest BCUT2D eigenvalue weighted by molar-refractivity contribution is -0.128. The average molecular weight is 332 g/mol. The van der Waals surface area contributed by atoms with E-state index in [4.69, 9.17) is 0 Å². The second kappa shape index (κ2) is 5.57. The van der Waals surface area contributed by atoms with Crippen LogP contribution >= 0.6 is 0 Å². The number of amides is 2. The van der Waals surface area contributed by atoms with Crippen molar-refractivity contribution in [3.05, 3.63) is 35.6 Å². The zero-order valence-corrected chi connectivity index (χ0v) is 14.7. The topological polar surface area (TPSA) is 49.4 Å². The molecule has 0 spiro atoms. The normalized spacial score (nSPS) is 25.0. The van der Waals surface area contributed by atoms with E-state index in [0.717, 1.165) is 5.56 Å². The number of nitrogens with one attached hydrogen (secondary N) is 1. The van der Waals surface area contributed by atoms with E-state index >= 15 is 0 Å². The van der Waals surface area contributed by atoms with E-state index in [1.54, 1.807) is 17.0 Å². The molecule has 1 heterocycles. The van der Waals surface area contributed by atoms with Gasteiger partial charge >= 0.3 is 0 Å². The molecule has 0 radical (unpaired) electrons. The van der Waals surface area contributed by atoms with Crippen LogP contribution < -0.4 is 5.32 Å². The van der Waals surface area contributed by atoms with Gasteiger partial charge in [-0.2, -0.15) is 0 Å². The molecule has 1 saturated heterocycles. The molecule has 2 aliphatic rings. The molecule has 4 nitrogen and oxygen atoms in total. The fraction of sp³-hybridized carbons (Fsp3) is 0.579. The Bertz CT molecular complexity index is 652. The lowest BCUT2D eigenvalue weighted by Crippen LogP contribution is -2.39. The van der Waals surface area contributed by atoms with Crippen LogP contribution in [0.4, 0.5) is 4.39 Å². The van der Waals surface area contributed by atoms with Crippen LogP contribution in [0.3, 0.4) is 0 Å². The van der Waals surface area contributed by atoms with Gasteiger partial charge in [0.2, 0.25) is 11.8 Å². The highest BCUT2D eigenvalue weighted by Crippen LogP contribution is 2.68. The molecule has 0 aromatic heterocycles. The molecule has 1 N–H and O–H groups in total. The SMILES string of the molecule is CC1(C)C(C(=O)N[C@@H]2CC(=O)N(Cc3ccc(F)cc3)C2)C1(C)C. The third-order valence-electron chi connectivity index (χ3n) is 6.13. The maximum atomic E-state index is 13.0. The predicted octanol–water partition coefficient (Wildman–Crippen LogP) is 2.73. The lowest BCUT2D eigenvalue weighted by atomic mass is 10.0. The van der Waals surface area contributed by atoms with Gasteiger partial charge in [0, 0.05) is 25.4 Å². The smallest absolute Gasteiger partial charge is 0.225 e. The van der Waals surface area contributed by atoms with Crippen molar-refractivity contribution in [1.82, 2.24) is 10.2 Å². The van der Waals surface area contributed by atoms with E-state index in [1.807, 2.05) is 0 Å². The van der Waals surface area contributed by atoms with E-state index in [0.29, 0.717) is 19.5 Å². The number of carbonyl (C=O) groups excluding carboxylic acids is 2. The van der Waals surface area contributed by atoms with Crippen molar-refractivity contribution in [2.45, 2.75) is 46.7 Å². The summed E-state index contributed by atoms with van der Waals surface area (Å²) in [6.45, 7) is 9.40. The Hall–Kier alpha value is -1.91. The van der Waals surface area contributed by atoms with Crippen molar-refractivity contribution in [2.75, 3.05) is 6.54 Å². The van der Waals surface area contributed by atoms with Gasteiger partial charge in [-0.3, -0.25) is 9.59 Å². The third kappa shape index (κ3) is 2.80. The first-order valence-corrected chi connectivity index (χ1v) is 8.45. The van der Waals surface area contributed by atoms with Crippen LogP contribution in [0.25, 0.3) is 0 Å². The number of halogens is 1. The number of nitrogens with zero attached hydrogens (tertiary/aromatic N) is 1. The molecule has 1 aromatic rings. The Morgan fingerprint density at radius 3 is 2.33 bits per heavy atom. The summed E-state index contributed by atoms with van der Waals surface area (Å²) in [6.07, 6.45) is 0.334. The zero-order chi connectivity index (χ0) is 17.7. The minimum atomic E-state index is -0.286. The van der Waals surface area contributed by atoms with Gasteiger partial charge in [-0.25, -0.2) is 4.39 Å². The highest BCUT2D eigenvalue weighted by Gasteiger charge is 2.68. The monoisotopic (exact) mass is 332 g/mol. The van der Waals surface area contributed by atoms with Gasteiger partial charge in [0.15, 0.2) is 0 Å².